The Morgan fingerprint density at radius 1 is 1.03 bits per heavy atom. The largest absolute Gasteiger partial charge is 0.493 e. The number of rotatable bonds is 9. The molecule has 0 fully saturated rings. The third kappa shape index (κ3) is 7.20. The van der Waals surface area contributed by atoms with Crippen LogP contribution in [0.3, 0.4) is 0 Å². The normalized spacial score (nSPS) is 11.1. The van der Waals surface area contributed by atoms with Crippen LogP contribution in [-0.4, -0.2) is 37.7 Å². The Kier molecular flexibility index (Phi) is 8.72. The molecule has 0 unspecified atom stereocenters. The van der Waals surface area contributed by atoms with Crippen LogP contribution >= 0.6 is 11.8 Å². The summed E-state index contributed by atoms with van der Waals surface area (Å²) >= 11 is 1.15. The van der Waals surface area contributed by atoms with E-state index in [1.807, 2.05) is 0 Å². The molecule has 0 saturated heterocycles. The van der Waals surface area contributed by atoms with Crippen LogP contribution in [0, 0.1) is 0 Å². The predicted octanol–water partition coefficient (Wildman–Crippen LogP) is 5.45. The minimum absolute atomic E-state index is 0.0272. The Morgan fingerprint density at radius 3 is 2.43 bits per heavy atom. The molecular weight excluding hydrogens is 485 g/mol. The molecule has 7 nitrogen and oxygen atoms in total. The lowest BCUT2D eigenvalue weighted by Gasteiger charge is -2.13. The fourth-order valence-electron chi connectivity index (χ4n) is 2.87. The SMILES string of the molecule is COCCC(=O)Oc1c(OC)ccnc1C(=O)Nc1ccc(Sc2cccc(C(F)(F)F)c2)cc1. The molecule has 0 bridgehead atoms. The lowest BCUT2D eigenvalue weighted by atomic mass is 10.2. The zero-order valence-electron chi connectivity index (χ0n) is 18.7. The Morgan fingerprint density at radius 2 is 1.77 bits per heavy atom. The van der Waals surface area contributed by atoms with Crippen LogP contribution < -0.4 is 14.8 Å². The van der Waals surface area contributed by atoms with Crippen LogP contribution in [0.25, 0.3) is 0 Å². The van der Waals surface area contributed by atoms with Gasteiger partial charge in [-0.1, -0.05) is 17.8 Å². The van der Waals surface area contributed by atoms with Crippen molar-refractivity contribution in [3.05, 3.63) is 72.1 Å². The van der Waals surface area contributed by atoms with Crippen molar-refractivity contribution in [3.8, 4) is 11.5 Å². The summed E-state index contributed by atoms with van der Waals surface area (Å²) in [5.41, 5.74) is -0.474. The Bertz CT molecular complexity index is 1190. The summed E-state index contributed by atoms with van der Waals surface area (Å²) in [6.45, 7) is 0.147. The van der Waals surface area contributed by atoms with Crippen molar-refractivity contribution in [3.63, 3.8) is 0 Å². The molecule has 35 heavy (non-hydrogen) atoms. The maximum Gasteiger partial charge on any atom is 0.416 e. The molecule has 3 aromatic rings. The van der Waals surface area contributed by atoms with E-state index in [1.165, 1.54) is 32.5 Å². The highest BCUT2D eigenvalue weighted by atomic mass is 32.2. The van der Waals surface area contributed by atoms with E-state index in [-0.39, 0.29) is 30.2 Å². The number of ether oxygens (including phenoxy) is 3. The van der Waals surface area contributed by atoms with Gasteiger partial charge in [-0.3, -0.25) is 9.59 Å². The van der Waals surface area contributed by atoms with E-state index in [2.05, 4.69) is 10.3 Å². The first-order valence-corrected chi connectivity index (χ1v) is 11.0. The summed E-state index contributed by atoms with van der Waals surface area (Å²) in [4.78, 5) is 30.0. The average Bonchev–Trinajstić information content (AvgIpc) is 2.83. The van der Waals surface area contributed by atoms with Crippen molar-refractivity contribution in [2.24, 2.45) is 0 Å². The van der Waals surface area contributed by atoms with Crippen molar-refractivity contribution in [2.75, 3.05) is 26.1 Å². The van der Waals surface area contributed by atoms with Crippen molar-refractivity contribution in [1.82, 2.24) is 4.98 Å². The molecule has 0 aliphatic carbocycles. The number of hydrogen-bond acceptors (Lipinski definition) is 7. The average molecular weight is 507 g/mol. The summed E-state index contributed by atoms with van der Waals surface area (Å²) in [6, 6.07) is 13.0. The summed E-state index contributed by atoms with van der Waals surface area (Å²) in [7, 11) is 2.81. The number of carbonyl (C=O) groups is 2. The summed E-state index contributed by atoms with van der Waals surface area (Å²) in [5.74, 6) is -1.23. The van der Waals surface area contributed by atoms with E-state index in [4.69, 9.17) is 14.2 Å². The monoisotopic (exact) mass is 506 g/mol. The van der Waals surface area contributed by atoms with Gasteiger partial charge < -0.3 is 19.5 Å². The van der Waals surface area contributed by atoms with Gasteiger partial charge in [0.2, 0.25) is 5.75 Å². The summed E-state index contributed by atoms with van der Waals surface area (Å²) < 4.78 is 54.1. The van der Waals surface area contributed by atoms with E-state index in [9.17, 15) is 22.8 Å². The maximum atomic E-state index is 12.9. The molecule has 11 heteroatoms. The summed E-state index contributed by atoms with van der Waals surface area (Å²) in [6.07, 6.45) is -3.11. The highest BCUT2D eigenvalue weighted by Gasteiger charge is 2.30. The van der Waals surface area contributed by atoms with Crippen LogP contribution in [0.4, 0.5) is 18.9 Å². The number of hydrogen-bond donors (Lipinski definition) is 1. The lowest BCUT2D eigenvalue weighted by Crippen LogP contribution is -2.18. The van der Waals surface area contributed by atoms with E-state index in [1.54, 1.807) is 30.3 Å². The molecule has 184 valence electrons. The first-order chi connectivity index (χ1) is 16.7. The highest BCUT2D eigenvalue weighted by molar-refractivity contribution is 7.99. The van der Waals surface area contributed by atoms with Gasteiger partial charge in [-0.2, -0.15) is 13.2 Å². The van der Waals surface area contributed by atoms with Gasteiger partial charge in [0.25, 0.3) is 5.91 Å². The smallest absolute Gasteiger partial charge is 0.416 e. The van der Waals surface area contributed by atoms with Crippen molar-refractivity contribution in [1.29, 1.82) is 0 Å². The zero-order chi connectivity index (χ0) is 25.4. The van der Waals surface area contributed by atoms with Gasteiger partial charge in [0.1, 0.15) is 0 Å². The second-order valence-corrected chi connectivity index (χ2v) is 8.16. The number of aromatic nitrogens is 1. The zero-order valence-corrected chi connectivity index (χ0v) is 19.5. The van der Waals surface area contributed by atoms with Gasteiger partial charge in [-0.05, 0) is 42.5 Å². The second kappa shape index (κ2) is 11.7. The number of carbonyl (C=O) groups excluding carboxylic acids is 2. The molecule has 1 aromatic heterocycles. The maximum absolute atomic E-state index is 12.9. The molecule has 0 atom stereocenters. The number of alkyl halides is 3. The molecule has 0 aliphatic rings. The number of halogens is 3. The molecule has 0 saturated carbocycles. The molecule has 1 N–H and O–H groups in total. The number of methoxy groups -OCH3 is 2. The van der Waals surface area contributed by atoms with Crippen LogP contribution in [0.2, 0.25) is 0 Å². The van der Waals surface area contributed by atoms with E-state index < -0.39 is 23.6 Å². The number of esters is 1. The Balaban J connectivity index is 1.72. The van der Waals surface area contributed by atoms with Crippen molar-refractivity contribution < 1.29 is 37.0 Å². The van der Waals surface area contributed by atoms with E-state index >= 15 is 0 Å². The predicted molar refractivity (Wildman–Crippen MR) is 123 cm³/mol. The topological polar surface area (TPSA) is 86.8 Å². The van der Waals surface area contributed by atoms with Gasteiger partial charge in [0.05, 0.1) is 25.7 Å². The van der Waals surface area contributed by atoms with Gasteiger partial charge in [-0.25, -0.2) is 4.98 Å². The van der Waals surface area contributed by atoms with Crippen molar-refractivity contribution >= 4 is 29.3 Å². The first kappa shape index (κ1) is 26.0. The Hall–Kier alpha value is -3.57. The van der Waals surface area contributed by atoms with Gasteiger partial charge in [0, 0.05) is 34.9 Å². The third-order valence-electron chi connectivity index (χ3n) is 4.54. The van der Waals surface area contributed by atoms with Gasteiger partial charge >= 0.3 is 12.1 Å². The molecule has 0 spiro atoms. The van der Waals surface area contributed by atoms with Crippen LogP contribution in [-0.2, 0) is 15.7 Å². The molecule has 0 radical (unpaired) electrons. The highest BCUT2D eigenvalue weighted by Crippen LogP contribution is 2.35. The van der Waals surface area contributed by atoms with Crippen LogP contribution in [0.5, 0.6) is 11.5 Å². The van der Waals surface area contributed by atoms with E-state index in [0.717, 1.165) is 23.9 Å². The number of pyridine rings is 1. The van der Waals surface area contributed by atoms with Crippen LogP contribution in [0.15, 0.2) is 70.6 Å². The van der Waals surface area contributed by atoms with Gasteiger partial charge in [0.15, 0.2) is 11.4 Å². The van der Waals surface area contributed by atoms with Gasteiger partial charge in [-0.15, -0.1) is 0 Å². The Labute approximate surface area is 203 Å². The number of anilines is 1. The minimum atomic E-state index is -4.42. The fourth-order valence-corrected chi connectivity index (χ4v) is 3.75. The van der Waals surface area contributed by atoms with E-state index in [0.29, 0.717) is 15.5 Å². The number of benzene rings is 2. The molecule has 1 amide bonds. The lowest BCUT2D eigenvalue weighted by molar-refractivity contribution is -0.138. The summed E-state index contributed by atoms with van der Waals surface area (Å²) in [5, 5.41) is 2.66. The second-order valence-electron chi connectivity index (χ2n) is 7.01. The first-order valence-electron chi connectivity index (χ1n) is 10.2. The number of amides is 1. The minimum Gasteiger partial charge on any atom is -0.493 e. The molecule has 1 heterocycles. The van der Waals surface area contributed by atoms with Crippen molar-refractivity contribution in [2.45, 2.75) is 22.4 Å². The fraction of sp³-hybridized carbons (Fsp3) is 0.208. The quantitative estimate of drug-likeness (QED) is 0.386. The molecule has 3 rings (SSSR count). The number of nitrogens with zero attached hydrogens (tertiary/aromatic N) is 1. The van der Waals surface area contributed by atoms with Crippen LogP contribution in [0.1, 0.15) is 22.5 Å². The molecule has 0 aliphatic heterocycles. The number of nitrogens with one attached hydrogen (secondary N) is 1. The third-order valence-corrected chi connectivity index (χ3v) is 5.54. The molecular formula is C24H21F3N2O5S. The molecule has 2 aromatic carbocycles. The standard InChI is InChI=1S/C24H21F3N2O5S/c1-32-13-11-20(30)34-22-19(33-2)10-12-28-21(22)23(31)29-16-6-8-17(9-7-16)35-18-5-3-4-15(14-18)24(25,26)27/h3-10,12,14H,11,13H2,1-2H3,(H,29,31).